The third-order valence-electron chi connectivity index (χ3n) is 3.45. The summed E-state index contributed by atoms with van der Waals surface area (Å²) in [6, 6.07) is 1.85. The molecule has 0 aliphatic rings. The fourth-order valence-corrected chi connectivity index (χ4v) is 2.14. The molecule has 8 nitrogen and oxygen atoms in total. The van der Waals surface area contributed by atoms with E-state index in [4.69, 9.17) is 4.52 Å². The van der Waals surface area contributed by atoms with Gasteiger partial charge in [-0.1, -0.05) is 19.0 Å². The Morgan fingerprint density at radius 3 is 3.00 bits per heavy atom. The van der Waals surface area contributed by atoms with Gasteiger partial charge in [-0.05, 0) is 13.0 Å². The molecule has 23 heavy (non-hydrogen) atoms. The monoisotopic (exact) mass is 314 g/mol. The van der Waals surface area contributed by atoms with Crippen LogP contribution in [-0.4, -0.2) is 31.2 Å². The molecule has 120 valence electrons. The van der Waals surface area contributed by atoms with Crippen molar-refractivity contribution in [2.75, 3.05) is 5.32 Å². The Morgan fingerprint density at radius 1 is 1.43 bits per heavy atom. The lowest BCUT2D eigenvalue weighted by atomic mass is 10.2. The van der Waals surface area contributed by atoms with Crippen molar-refractivity contribution < 1.29 is 9.32 Å². The molecule has 3 aromatic heterocycles. The minimum Gasteiger partial charge on any atom is -0.339 e. The normalized spacial score (nSPS) is 11.3. The molecule has 0 unspecified atom stereocenters. The Bertz CT molecular complexity index is 835. The predicted molar refractivity (Wildman–Crippen MR) is 84.0 cm³/mol. The average Bonchev–Trinajstić information content (AvgIpc) is 3.13. The van der Waals surface area contributed by atoms with Gasteiger partial charge in [0.15, 0.2) is 11.5 Å². The van der Waals surface area contributed by atoms with Crippen LogP contribution in [-0.2, 0) is 11.2 Å². The summed E-state index contributed by atoms with van der Waals surface area (Å²) in [7, 11) is 0. The van der Waals surface area contributed by atoms with Crippen LogP contribution in [0.1, 0.15) is 43.6 Å². The first kappa shape index (κ1) is 15.1. The van der Waals surface area contributed by atoms with Crippen LogP contribution in [0.2, 0.25) is 0 Å². The molecule has 0 aliphatic heterocycles. The van der Waals surface area contributed by atoms with E-state index >= 15 is 0 Å². The lowest BCUT2D eigenvalue weighted by Gasteiger charge is -2.03. The Kier molecular flexibility index (Phi) is 4.05. The van der Waals surface area contributed by atoms with E-state index in [1.807, 2.05) is 26.8 Å². The molecule has 0 aromatic carbocycles. The number of carbonyl (C=O) groups is 1. The average molecular weight is 314 g/mol. The molecule has 0 saturated carbocycles. The van der Waals surface area contributed by atoms with Crippen molar-refractivity contribution in [2.45, 2.75) is 39.5 Å². The molecule has 1 amide bonds. The van der Waals surface area contributed by atoms with E-state index in [0.717, 1.165) is 11.1 Å². The fourth-order valence-electron chi connectivity index (χ4n) is 2.14. The smallest absolute Gasteiger partial charge is 0.227 e. The van der Waals surface area contributed by atoms with Gasteiger partial charge in [-0.3, -0.25) is 9.89 Å². The Labute approximate surface area is 132 Å². The van der Waals surface area contributed by atoms with Gasteiger partial charge < -0.3 is 9.84 Å². The van der Waals surface area contributed by atoms with E-state index in [1.165, 1.54) is 0 Å². The fraction of sp³-hybridized carbons (Fsp3) is 0.400. The number of carbonyl (C=O) groups excluding carboxylic acids is 1. The van der Waals surface area contributed by atoms with Gasteiger partial charge in [0.1, 0.15) is 0 Å². The van der Waals surface area contributed by atoms with Crippen LogP contribution >= 0.6 is 0 Å². The van der Waals surface area contributed by atoms with Gasteiger partial charge in [0, 0.05) is 29.8 Å². The zero-order chi connectivity index (χ0) is 16.4. The number of hydrogen-bond donors (Lipinski definition) is 2. The van der Waals surface area contributed by atoms with E-state index in [-0.39, 0.29) is 18.2 Å². The lowest BCUT2D eigenvalue weighted by Crippen LogP contribution is -2.12. The predicted octanol–water partition coefficient (Wildman–Crippen LogP) is 2.34. The molecule has 3 aromatic rings. The van der Waals surface area contributed by atoms with Crippen LogP contribution in [0.4, 0.5) is 5.69 Å². The molecule has 0 fully saturated rings. The molecular weight excluding hydrogens is 296 g/mol. The highest BCUT2D eigenvalue weighted by molar-refractivity contribution is 5.93. The number of nitrogens with zero attached hydrogens (tertiary/aromatic N) is 4. The largest absolute Gasteiger partial charge is 0.339 e. The molecule has 0 radical (unpaired) electrons. The highest BCUT2D eigenvalue weighted by atomic mass is 16.5. The third-order valence-corrected chi connectivity index (χ3v) is 3.45. The van der Waals surface area contributed by atoms with Gasteiger partial charge in [0.05, 0.1) is 11.9 Å². The summed E-state index contributed by atoms with van der Waals surface area (Å²) in [5.74, 6) is 1.21. The van der Waals surface area contributed by atoms with Crippen LogP contribution < -0.4 is 5.32 Å². The van der Waals surface area contributed by atoms with Crippen molar-refractivity contribution in [3.63, 3.8) is 0 Å². The molecule has 3 heterocycles. The molecule has 8 heteroatoms. The maximum absolute atomic E-state index is 12.0. The summed E-state index contributed by atoms with van der Waals surface area (Å²) in [5, 5.41) is 14.5. The van der Waals surface area contributed by atoms with Crippen molar-refractivity contribution in [3.05, 3.63) is 29.7 Å². The molecule has 0 atom stereocenters. The van der Waals surface area contributed by atoms with Crippen molar-refractivity contribution in [1.29, 1.82) is 0 Å². The van der Waals surface area contributed by atoms with Crippen LogP contribution in [0.5, 0.6) is 0 Å². The first-order valence-corrected chi connectivity index (χ1v) is 7.46. The number of H-pyrrole nitrogens is 1. The number of amides is 1. The first-order chi connectivity index (χ1) is 11.0. The zero-order valence-electron chi connectivity index (χ0n) is 13.3. The van der Waals surface area contributed by atoms with Gasteiger partial charge >= 0.3 is 0 Å². The highest BCUT2D eigenvalue weighted by Crippen LogP contribution is 2.18. The van der Waals surface area contributed by atoms with Gasteiger partial charge in [0.2, 0.25) is 11.8 Å². The summed E-state index contributed by atoms with van der Waals surface area (Å²) >= 11 is 0. The van der Waals surface area contributed by atoms with Gasteiger partial charge in [-0.15, -0.1) is 0 Å². The molecule has 0 bridgehead atoms. The van der Waals surface area contributed by atoms with Crippen LogP contribution in [0.3, 0.4) is 0 Å². The van der Waals surface area contributed by atoms with E-state index in [1.54, 1.807) is 6.20 Å². The summed E-state index contributed by atoms with van der Waals surface area (Å²) in [4.78, 5) is 20.5. The SMILES string of the molecule is Cc1[nH]nc2ncc(NC(=O)CCc3nc(C(C)C)no3)cc12. The number of aromatic nitrogens is 5. The number of pyridine rings is 1. The number of fused-ring (bicyclic) bond motifs is 1. The summed E-state index contributed by atoms with van der Waals surface area (Å²) in [6.07, 6.45) is 2.26. The highest BCUT2D eigenvalue weighted by Gasteiger charge is 2.12. The quantitative estimate of drug-likeness (QED) is 0.748. The zero-order valence-corrected chi connectivity index (χ0v) is 13.3. The maximum atomic E-state index is 12.0. The molecular formula is C15H18N6O2. The number of rotatable bonds is 5. The van der Waals surface area contributed by atoms with Crippen molar-refractivity contribution in [2.24, 2.45) is 0 Å². The maximum Gasteiger partial charge on any atom is 0.227 e. The first-order valence-electron chi connectivity index (χ1n) is 7.46. The molecule has 2 N–H and O–H groups in total. The van der Waals surface area contributed by atoms with Crippen molar-refractivity contribution in [3.8, 4) is 0 Å². The second-order valence-corrected chi connectivity index (χ2v) is 5.69. The third kappa shape index (κ3) is 3.36. The minimum atomic E-state index is -0.128. The van der Waals surface area contributed by atoms with E-state index < -0.39 is 0 Å². The Hall–Kier alpha value is -2.77. The number of aromatic amines is 1. The number of aryl methyl sites for hydroxylation is 2. The molecule has 0 saturated heterocycles. The Balaban J connectivity index is 1.60. The van der Waals surface area contributed by atoms with E-state index in [0.29, 0.717) is 29.5 Å². The molecule has 0 aliphatic carbocycles. The second-order valence-electron chi connectivity index (χ2n) is 5.69. The van der Waals surface area contributed by atoms with Crippen LogP contribution in [0.25, 0.3) is 11.0 Å². The van der Waals surface area contributed by atoms with Gasteiger partial charge in [-0.2, -0.15) is 10.1 Å². The number of nitrogens with one attached hydrogen (secondary N) is 2. The minimum absolute atomic E-state index is 0.128. The lowest BCUT2D eigenvalue weighted by molar-refractivity contribution is -0.116. The van der Waals surface area contributed by atoms with Gasteiger partial charge in [-0.25, -0.2) is 4.98 Å². The van der Waals surface area contributed by atoms with Gasteiger partial charge in [0.25, 0.3) is 0 Å². The summed E-state index contributed by atoms with van der Waals surface area (Å²) < 4.78 is 5.12. The van der Waals surface area contributed by atoms with E-state index in [2.05, 4.69) is 30.6 Å². The number of anilines is 1. The summed E-state index contributed by atoms with van der Waals surface area (Å²) in [6.45, 7) is 5.88. The van der Waals surface area contributed by atoms with Crippen molar-refractivity contribution >= 4 is 22.6 Å². The molecule has 3 rings (SSSR count). The number of hydrogen-bond acceptors (Lipinski definition) is 6. The Morgan fingerprint density at radius 2 is 2.26 bits per heavy atom. The van der Waals surface area contributed by atoms with Crippen molar-refractivity contribution in [1.82, 2.24) is 25.3 Å². The van der Waals surface area contributed by atoms with E-state index in [9.17, 15) is 4.79 Å². The topological polar surface area (TPSA) is 110 Å². The molecule has 0 spiro atoms. The second kappa shape index (κ2) is 6.15. The summed E-state index contributed by atoms with van der Waals surface area (Å²) in [5.41, 5.74) is 2.18. The standard InChI is InChI=1S/C15H18N6O2/c1-8(2)14-18-13(23-21-14)5-4-12(22)17-10-6-11-9(3)19-20-15(11)16-7-10/h6-8H,4-5H2,1-3H3,(H,17,22)(H,16,19,20). The van der Waals surface area contributed by atoms with Crippen LogP contribution in [0.15, 0.2) is 16.8 Å². The van der Waals surface area contributed by atoms with Crippen LogP contribution in [0, 0.1) is 6.92 Å².